The Bertz CT molecular complexity index is 1370. The minimum absolute atomic E-state index is 0.247. The molecule has 0 bridgehead atoms. The van der Waals surface area contributed by atoms with Crippen LogP contribution in [0, 0.1) is 27.7 Å². The second-order valence-electron chi connectivity index (χ2n) is 11.9. The van der Waals surface area contributed by atoms with Gasteiger partial charge in [-0.3, -0.25) is 9.59 Å². The van der Waals surface area contributed by atoms with Crippen LogP contribution in [0.2, 0.25) is 0 Å². The molecule has 3 amide bonds. The summed E-state index contributed by atoms with van der Waals surface area (Å²) in [6, 6.07) is 19.3. The molecule has 2 unspecified atom stereocenters. The van der Waals surface area contributed by atoms with E-state index in [0.717, 1.165) is 39.1 Å². The maximum Gasteiger partial charge on any atom is 0.408 e. The Labute approximate surface area is 250 Å². The number of rotatable bonds is 10. The van der Waals surface area contributed by atoms with Gasteiger partial charge in [0.2, 0.25) is 5.91 Å². The third kappa shape index (κ3) is 8.44. The van der Waals surface area contributed by atoms with Crippen LogP contribution < -0.4 is 10.6 Å². The SMILES string of the molecule is CCCN(C(=O)C(Cc1ccccc1)NC(=O)OC(C)(C)C)C(C(=O)Nc1c(C)cccc1C)c1cccc(C)c1C. The van der Waals surface area contributed by atoms with Gasteiger partial charge in [-0.1, -0.05) is 73.7 Å². The molecule has 2 atom stereocenters. The molecule has 0 aliphatic carbocycles. The van der Waals surface area contributed by atoms with E-state index in [9.17, 15) is 14.4 Å². The monoisotopic (exact) mass is 571 g/mol. The molecule has 0 spiro atoms. The maximum atomic E-state index is 14.5. The minimum atomic E-state index is -0.950. The zero-order valence-electron chi connectivity index (χ0n) is 26.2. The smallest absolute Gasteiger partial charge is 0.408 e. The number of hydrogen-bond donors (Lipinski definition) is 2. The molecule has 0 aliphatic rings. The van der Waals surface area contributed by atoms with Crippen molar-refractivity contribution in [1.82, 2.24) is 10.2 Å². The number of aryl methyl sites for hydroxylation is 3. The average Bonchev–Trinajstić information content (AvgIpc) is 2.91. The van der Waals surface area contributed by atoms with Gasteiger partial charge < -0.3 is 20.3 Å². The van der Waals surface area contributed by atoms with Gasteiger partial charge in [-0.25, -0.2) is 4.79 Å². The Kier molecular flexibility index (Phi) is 10.9. The summed E-state index contributed by atoms with van der Waals surface area (Å²) >= 11 is 0. The predicted molar refractivity (Wildman–Crippen MR) is 169 cm³/mol. The molecule has 42 heavy (non-hydrogen) atoms. The number of nitrogens with zero attached hydrogens (tertiary/aromatic N) is 1. The highest BCUT2D eigenvalue weighted by Crippen LogP contribution is 2.30. The molecule has 7 nitrogen and oxygen atoms in total. The summed E-state index contributed by atoms with van der Waals surface area (Å²) < 4.78 is 5.53. The number of para-hydroxylation sites is 1. The van der Waals surface area contributed by atoms with Crippen molar-refractivity contribution in [3.05, 3.63) is 100 Å². The van der Waals surface area contributed by atoms with E-state index < -0.39 is 23.8 Å². The summed E-state index contributed by atoms with van der Waals surface area (Å²) in [5, 5.41) is 5.95. The number of amides is 3. The second kappa shape index (κ2) is 14.2. The number of benzene rings is 3. The van der Waals surface area contributed by atoms with E-state index in [1.54, 1.807) is 25.7 Å². The number of carbonyl (C=O) groups is 3. The van der Waals surface area contributed by atoms with Gasteiger partial charge in [-0.2, -0.15) is 0 Å². The molecule has 224 valence electrons. The fourth-order valence-electron chi connectivity index (χ4n) is 5.03. The highest BCUT2D eigenvalue weighted by Gasteiger charge is 2.37. The van der Waals surface area contributed by atoms with E-state index >= 15 is 0 Å². The molecule has 0 saturated carbocycles. The Morgan fingerprint density at radius 1 is 0.833 bits per heavy atom. The van der Waals surface area contributed by atoms with Gasteiger partial charge >= 0.3 is 6.09 Å². The maximum absolute atomic E-state index is 14.5. The zero-order chi connectivity index (χ0) is 31.0. The second-order valence-corrected chi connectivity index (χ2v) is 11.9. The Morgan fingerprint density at radius 2 is 1.43 bits per heavy atom. The van der Waals surface area contributed by atoms with Crippen LogP contribution in [0.1, 0.15) is 73.5 Å². The molecule has 0 radical (unpaired) electrons. The topological polar surface area (TPSA) is 87.7 Å². The molecule has 0 aromatic heterocycles. The van der Waals surface area contributed by atoms with Gasteiger partial charge in [0, 0.05) is 18.7 Å². The summed E-state index contributed by atoms with van der Waals surface area (Å²) in [7, 11) is 0. The lowest BCUT2D eigenvalue weighted by Crippen LogP contribution is -2.53. The standard InChI is InChI=1S/C35H45N3O4/c1-9-21-38(33(40)29(22-27-18-11-10-12-19-27)36-34(41)42-35(6,7)8)31(28-20-14-15-23(2)26(28)5)32(39)37-30-24(3)16-13-17-25(30)4/h10-20,29,31H,9,21-22H2,1-8H3,(H,36,41)(H,37,39). The van der Waals surface area contributed by atoms with E-state index in [1.165, 1.54) is 0 Å². The molecule has 7 heteroatoms. The van der Waals surface area contributed by atoms with Crippen molar-refractivity contribution in [2.24, 2.45) is 0 Å². The molecule has 2 N–H and O–H groups in total. The quantitative estimate of drug-likeness (QED) is 0.275. The normalized spacial score (nSPS) is 12.7. The van der Waals surface area contributed by atoms with Crippen LogP contribution in [-0.2, 0) is 20.7 Å². The zero-order valence-corrected chi connectivity index (χ0v) is 26.2. The van der Waals surface area contributed by atoms with E-state index in [-0.39, 0.29) is 18.2 Å². The highest BCUT2D eigenvalue weighted by molar-refractivity contribution is 6.00. The van der Waals surface area contributed by atoms with E-state index in [2.05, 4.69) is 10.6 Å². The molecule has 0 saturated heterocycles. The van der Waals surface area contributed by atoms with E-state index in [0.29, 0.717) is 13.0 Å². The van der Waals surface area contributed by atoms with E-state index in [1.807, 2.05) is 101 Å². The number of nitrogens with one attached hydrogen (secondary N) is 2. The summed E-state index contributed by atoms with van der Waals surface area (Å²) in [4.78, 5) is 43.3. The van der Waals surface area contributed by atoms with E-state index in [4.69, 9.17) is 4.74 Å². The van der Waals surface area contributed by atoms with Crippen molar-refractivity contribution in [1.29, 1.82) is 0 Å². The molecule has 0 fully saturated rings. The van der Waals surface area contributed by atoms with Gasteiger partial charge in [0.25, 0.3) is 5.91 Å². The van der Waals surface area contributed by atoms with Crippen LogP contribution in [0.3, 0.4) is 0 Å². The summed E-state index contributed by atoms with van der Waals surface area (Å²) in [6.45, 7) is 15.5. The molecular weight excluding hydrogens is 526 g/mol. The number of carbonyl (C=O) groups excluding carboxylic acids is 3. The fourth-order valence-corrected chi connectivity index (χ4v) is 5.03. The first-order valence-electron chi connectivity index (χ1n) is 14.6. The van der Waals surface area contributed by atoms with Crippen molar-refractivity contribution in [3.63, 3.8) is 0 Å². The lowest BCUT2D eigenvalue weighted by atomic mass is 9.94. The van der Waals surface area contributed by atoms with Crippen molar-refractivity contribution in [2.45, 2.75) is 85.9 Å². The third-order valence-electron chi connectivity index (χ3n) is 7.25. The summed E-state index contributed by atoms with van der Waals surface area (Å²) in [5.41, 5.74) is 5.45. The fraction of sp³-hybridized carbons (Fsp3) is 0.400. The van der Waals surface area contributed by atoms with Gasteiger partial charge in [0.1, 0.15) is 17.7 Å². The molecule has 3 aromatic carbocycles. The number of ether oxygens (including phenoxy) is 1. The van der Waals surface area contributed by atoms with Crippen LogP contribution in [0.15, 0.2) is 66.7 Å². The lowest BCUT2D eigenvalue weighted by molar-refractivity contribution is -0.140. The molecule has 3 aromatic rings. The van der Waals surface area contributed by atoms with Crippen molar-refractivity contribution in [2.75, 3.05) is 11.9 Å². The predicted octanol–water partition coefficient (Wildman–Crippen LogP) is 6.97. The average molecular weight is 572 g/mol. The van der Waals surface area contributed by atoms with Gasteiger partial charge in [-0.05, 0) is 88.3 Å². The van der Waals surface area contributed by atoms with Crippen LogP contribution in [0.4, 0.5) is 10.5 Å². The van der Waals surface area contributed by atoms with Gasteiger partial charge in [0.15, 0.2) is 0 Å². The van der Waals surface area contributed by atoms with Gasteiger partial charge in [0.05, 0.1) is 0 Å². The number of anilines is 1. The number of hydrogen-bond acceptors (Lipinski definition) is 4. The highest BCUT2D eigenvalue weighted by atomic mass is 16.6. The third-order valence-corrected chi connectivity index (χ3v) is 7.25. The first kappa shape index (κ1) is 32.4. The largest absolute Gasteiger partial charge is 0.444 e. The van der Waals surface area contributed by atoms with Crippen molar-refractivity contribution >= 4 is 23.6 Å². The van der Waals surface area contributed by atoms with Crippen molar-refractivity contribution < 1.29 is 19.1 Å². The lowest BCUT2D eigenvalue weighted by Gasteiger charge is -2.35. The first-order valence-corrected chi connectivity index (χ1v) is 14.6. The van der Waals surface area contributed by atoms with Crippen LogP contribution in [-0.4, -0.2) is 41.0 Å². The van der Waals surface area contributed by atoms with Crippen LogP contribution in [0.5, 0.6) is 0 Å². The van der Waals surface area contributed by atoms with Gasteiger partial charge in [-0.15, -0.1) is 0 Å². The van der Waals surface area contributed by atoms with Crippen LogP contribution in [0.25, 0.3) is 0 Å². The molecule has 0 aliphatic heterocycles. The first-order chi connectivity index (χ1) is 19.8. The molecular formula is C35H45N3O4. The Morgan fingerprint density at radius 3 is 2.02 bits per heavy atom. The summed E-state index contributed by atoms with van der Waals surface area (Å²) in [6.07, 6.45) is 0.183. The Hall–Kier alpha value is -4.13. The summed E-state index contributed by atoms with van der Waals surface area (Å²) in [5.74, 6) is -0.659. The minimum Gasteiger partial charge on any atom is -0.444 e. The molecule has 0 heterocycles. The Balaban J connectivity index is 2.10. The number of alkyl carbamates (subject to hydrolysis) is 1. The molecule has 3 rings (SSSR count). The van der Waals surface area contributed by atoms with Crippen molar-refractivity contribution in [3.8, 4) is 0 Å². The van der Waals surface area contributed by atoms with Crippen LogP contribution >= 0.6 is 0 Å².